The SMILES string of the molecule is Cc1ccc(S(=O)(=O)Oc2ccc(C(=O)O)c(C)c2)cc1. The summed E-state index contributed by atoms with van der Waals surface area (Å²) in [6.07, 6.45) is 0. The Kier molecular flexibility index (Phi) is 3.99. The average molecular weight is 306 g/mol. The van der Waals surface area contributed by atoms with Crippen LogP contribution >= 0.6 is 0 Å². The van der Waals surface area contributed by atoms with Crippen molar-refractivity contribution < 1.29 is 22.5 Å². The van der Waals surface area contributed by atoms with E-state index in [0.29, 0.717) is 5.56 Å². The number of aryl methyl sites for hydroxylation is 2. The van der Waals surface area contributed by atoms with Crippen molar-refractivity contribution in [3.05, 3.63) is 59.2 Å². The molecule has 6 heteroatoms. The van der Waals surface area contributed by atoms with E-state index in [0.717, 1.165) is 5.56 Å². The molecule has 21 heavy (non-hydrogen) atoms. The smallest absolute Gasteiger partial charge is 0.339 e. The molecule has 5 nitrogen and oxygen atoms in total. The van der Waals surface area contributed by atoms with E-state index >= 15 is 0 Å². The predicted molar refractivity (Wildman–Crippen MR) is 77.1 cm³/mol. The second kappa shape index (κ2) is 5.57. The number of hydrogen-bond acceptors (Lipinski definition) is 4. The van der Waals surface area contributed by atoms with Crippen molar-refractivity contribution >= 4 is 16.1 Å². The molecular formula is C15H14O5S. The zero-order chi connectivity index (χ0) is 15.6. The van der Waals surface area contributed by atoms with Crippen LogP contribution in [0.2, 0.25) is 0 Å². The summed E-state index contributed by atoms with van der Waals surface area (Å²) in [5.74, 6) is -0.987. The molecule has 0 aromatic heterocycles. The molecule has 0 saturated heterocycles. The molecular weight excluding hydrogens is 292 g/mol. The van der Waals surface area contributed by atoms with E-state index in [4.69, 9.17) is 9.29 Å². The van der Waals surface area contributed by atoms with Gasteiger partial charge in [0.25, 0.3) is 0 Å². The quantitative estimate of drug-likeness (QED) is 0.878. The zero-order valence-electron chi connectivity index (χ0n) is 11.5. The maximum atomic E-state index is 12.1. The van der Waals surface area contributed by atoms with Crippen LogP contribution in [0.1, 0.15) is 21.5 Å². The van der Waals surface area contributed by atoms with Crippen LogP contribution in [0.3, 0.4) is 0 Å². The fourth-order valence-corrected chi connectivity index (χ4v) is 2.73. The van der Waals surface area contributed by atoms with Crippen LogP contribution in [0, 0.1) is 13.8 Å². The van der Waals surface area contributed by atoms with Crippen molar-refractivity contribution in [3.8, 4) is 5.75 Å². The van der Waals surface area contributed by atoms with E-state index in [1.165, 1.54) is 30.3 Å². The molecule has 0 aliphatic carbocycles. The van der Waals surface area contributed by atoms with Crippen molar-refractivity contribution in [2.75, 3.05) is 0 Å². The monoisotopic (exact) mass is 306 g/mol. The van der Waals surface area contributed by atoms with Gasteiger partial charge in [-0.1, -0.05) is 17.7 Å². The topological polar surface area (TPSA) is 80.7 Å². The largest absolute Gasteiger partial charge is 0.478 e. The molecule has 1 N–H and O–H groups in total. The highest BCUT2D eigenvalue weighted by atomic mass is 32.2. The molecule has 0 aliphatic heterocycles. The highest BCUT2D eigenvalue weighted by Gasteiger charge is 2.17. The Morgan fingerprint density at radius 2 is 1.67 bits per heavy atom. The molecule has 0 atom stereocenters. The highest BCUT2D eigenvalue weighted by molar-refractivity contribution is 7.87. The minimum Gasteiger partial charge on any atom is -0.478 e. The molecule has 110 valence electrons. The number of hydrogen-bond donors (Lipinski definition) is 1. The Morgan fingerprint density at radius 3 is 2.19 bits per heavy atom. The van der Waals surface area contributed by atoms with Gasteiger partial charge in [-0.15, -0.1) is 0 Å². The van der Waals surface area contributed by atoms with E-state index in [9.17, 15) is 13.2 Å². The molecule has 0 aliphatic rings. The van der Waals surface area contributed by atoms with E-state index in [1.807, 2.05) is 6.92 Å². The van der Waals surface area contributed by atoms with Gasteiger partial charge in [-0.2, -0.15) is 8.42 Å². The van der Waals surface area contributed by atoms with Crippen LogP contribution in [0.25, 0.3) is 0 Å². The van der Waals surface area contributed by atoms with Crippen molar-refractivity contribution in [3.63, 3.8) is 0 Å². The first-order valence-electron chi connectivity index (χ1n) is 6.15. The fraction of sp³-hybridized carbons (Fsp3) is 0.133. The third kappa shape index (κ3) is 3.41. The second-order valence-electron chi connectivity index (χ2n) is 4.63. The molecule has 0 amide bonds. The van der Waals surface area contributed by atoms with E-state index in [2.05, 4.69) is 0 Å². The standard InChI is InChI=1S/C15H14O5S/c1-10-3-6-13(7-4-10)21(18,19)20-12-5-8-14(15(16)17)11(2)9-12/h3-9H,1-2H3,(H,16,17). The number of carboxylic acid groups (broad SMARTS) is 1. The normalized spacial score (nSPS) is 11.1. The molecule has 0 spiro atoms. The molecule has 0 unspecified atom stereocenters. The first-order valence-corrected chi connectivity index (χ1v) is 7.55. The molecule has 2 rings (SSSR count). The predicted octanol–water partition coefficient (Wildman–Crippen LogP) is 2.77. The number of aromatic carboxylic acids is 1. The summed E-state index contributed by atoms with van der Waals surface area (Å²) in [6.45, 7) is 3.43. The maximum Gasteiger partial charge on any atom is 0.339 e. The van der Waals surface area contributed by atoms with Crippen molar-refractivity contribution in [1.29, 1.82) is 0 Å². The lowest BCUT2D eigenvalue weighted by atomic mass is 10.1. The molecule has 0 heterocycles. The van der Waals surface area contributed by atoms with Crippen LogP contribution in [-0.4, -0.2) is 19.5 Å². The van der Waals surface area contributed by atoms with Gasteiger partial charge in [0.2, 0.25) is 0 Å². The van der Waals surface area contributed by atoms with Gasteiger partial charge in [0.15, 0.2) is 0 Å². The van der Waals surface area contributed by atoms with E-state index in [1.54, 1.807) is 19.1 Å². The first-order chi connectivity index (χ1) is 9.79. The van der Waals surface area contributed by atoms with Gasteiger partial charge >= 0.3 is 16.1 Å². The molecule has 0 saturated carbocycles. The maximum absolute atomic E-state index is 12.1. The third-order valence-electron chi connectivity index (χ3n) is 2.94. The average Bonchev–Trinajstić information content (AvgIpc) is 2.38. The Bertz CT molecular complexity index is 776. The third-order valence-corrected chi connectivity index (χ3v) is 4.21. The Morgan fingerprint density at radius 1 is 1.05 bits per heavy atom. The second-order valence-corrected chi connectivity index (χ2v) is 6.18. The molecule has 0 radical (unpaired) electrons. The van der Waals surface area contributed by atoms with Crippen LogP contribution in [0.15, 0.2) is 47.4 Å². The minimum absolute atomic E-state index is 0.0491. The Balaban J connectivity index is 2.31. The summed E-state index contributed by atoms with van der Waals surface area (Å²) in [6, 6.07) is 10.3. The molecule has 2 aromatic carbocycles. The van der Waals surface area contributed by atoms with Gasteiger partial charge in [0.1, 0.15) is 10.6 Å². The highest BCUT2D eigenvalue weighted by Crippen LogP contribution is 2.22. The summed E-state index contributed by atoms with van der Waals surface area (Å²) in [5, 5.41) is 8.93. The van der Waals surface area contributed by atoms with Gasteiger partial charge < -0.3 is 9.29 Å². The van der Waals surface area contributed by atoms with Crippen LogP contribution in [-0.2, 0) is 10.1 Å². The number of benzene rings is 2. The molecule has 0 bridgehead atoms. The van der Waals surface area contributed by atoms with E-state index < -0.39 is 16.1 Å². The van der Waals surface area contributed by atoms with Gasteiger partial charge in [0.05, 0.1) is 5.56 Å². The first kappa shape index (κ1) is 15.1. The van der Waals surface area contributed by atoms with Crippen LogP contribution in [0.5, 0.6) is 5.75 Å². The lowest BCUT2D eigenvalue weighted by Gasteiger charge is -2.09. The van der Waals surface area contributed by atoms with Crippen molar-refractivity contribution in [2.45, 2.75) is 18.7 Å². The summed E-state index contributed by atoms with van der Waals surface area (Å²) in [7, 11) is -3.93. The minimum atomic E-state index is -3.93. The van der Waals surface area contributed by atoms with Gasteiger partial charge in [-0.25, -0.2) is 4.79 Å². The van der Waals surface area contributed by atoms with Gasteiger partial charge in [-0.05, 0) is 49.7 Å². The number of carbonyl (C=O) groups is 1. The van der Waals surface area contributed by atoms with E-state index in [-0.39, 0.29) is 16.2 Å². The molecule has 2 aromatic rings. The van der Waals surface area contributed by atoms with Gasteiger partial charge in [-0.3, -0.25) is 0 Å². The van der Waals surface area contributed by atoms with Crippen molar-refractivity contribution in [2.24, 2.45) is 0 Å². The summed E-state index contributed by atoms with van der Waals surface area (Å²) < 4.78 is 29.2. The lowest BCUT2D eigenvalue weighted by molar-refractivity contribution is 0.0696. The summed E-state index contributed by atoms with van der Waals surface area (Å²) >= 11 is 0. The van der Waals surface area contributed by atoms with Crippen LogP contribution < -0.4 is 4.18 Å². The zero-order valence-corrected chi connectivity index (χ0v) is 12.3. The number of carboxylic acids is 1. The fourth-order valence-electron chi connectivity index (χ4n) is 1.81. The number of rotatable bonds is 4. The van der Waals surface area contributed by atoms with Crippen LogP contribution in [0.4, 0.5) is 0 Å². The Labute approximate surface area is 122 Å². The van der Waals surface area contributed by atoms with Gasteiger partial charge in [0, 0.05) is 0 Å². The Hall–Kier alpha value is -2.34. The summed E-state index contributed by atoms with van der Waals surface area (Å²) in [4.78, 5) is 11.0. The lowest BCUT2D eigenvalue weighted by Crippen LogP contribution is -2.10. The summed E-state index contributed by atoms with van der Waals surface area (Å²) in [5.41, 5.74) is 1.48. The molecule has 0 fully saturated rings. The van der Waals surface area contributed by atoms with Crippen molar-refractivity contribution in [1.82, 2.24) is 0 Å².